The Bertz CT molecular complexity index is 706. The van der Waals surface area contributed by atoms with Gasteiger partial charge in [0.25, 0.3) is 11.6 Å². The van der Waals surface area contributed by atoms with E-state index in [1.165, 1.54) is 24.4 Å². The van der Waals surface area contributed by atoms with Crippen LogP contribution in [-0.4, -0.2) is 22.9 Å². The molecule has 2 N–H and O–H groups in total. The van der Waals surface area contributed by atoms with Gasteiger partial charge in [-0.1, -0.05) is 0 Å². The Labute approximate surface area is 128 Å². The molecule has 0 saturated carbocycles. The van der Waals surface area contributed by atoms with Gasteiger partial charge in [0.2, 0.25) is 0 Å². The maximum Gasteiger partial charge on any atom is 0.270 e. The summed E-state index contributed by atoms with van der Waals surface area (Å²) in [6.45, 7) is 0. The third kappa shape index (κ3) is 3.34. The van der Waals surface area contributed by atoms with Crippen molar-refractivity contribution in [3.05, 3.63) is 56.7 Å². The molecule has 0 spiro atoms. The maximum absolute atomic E-state index is 12.3. The minimum atomic E-state index is -0.549. The van der Waals surface area contributed by atoms with E-state index in [1.807, 2.05) is 0 Å². The molecule has 1 heterocycles. The van der Waals surface area contributed by atoms with Crippen LogP contribution in [0, 0.1) is 10.1 Å². The molecule has 0 bridgehead atoms. The van der Waals surface area contributed by atoms with Crippen molar-refractivity contribution < 1.29 is 9.72 Å². The lowest BCUT2D eigenvalue weighted by atomic mass is 10.1. The minimum absolute atomic E-state index is 0.153. The summed E-state index contributed by atoms with van der Waals surface area (Å²) < 4.78 is 0.620. The lowest BCUT2D eigenvalue weighted by molar-refractivity contribution is -0.384. The van der Waals surface area contributed by atoms with Crippen LogP contribution < -0.4 is 10.6 Å². The number of carbonyl (C=O) groups is 1. The molecule has 2 rings (SSSR count). The average molecular weight is 351 g/mol. The number of rotatable bonds is 4. The standard InChI is InChI=1S/C13H11BrN4O3/c1-15-11-5-4-8(18(20)21)7-9(11)13(19)17-12-10(14)3-2-6-16-12/h2-7,15H,1H3,(H,16,17,19). The number of carbonyl (C=O) groups excluding carboxylic acids is 1. The second kappa shape index (κ2) is 6.31. The van der Waals surface area contributed by atoms with Crippen LogP contribution in [0.1, 0.15) is 10.4 Å². The summed E-state index contributed by atoms with van der Waals surface area (Å²) in [6, 6.07) is 7.49. The van der Waals surface area contributed by atoms with Gasteiger partial charge in [-0.3, -0.25) is 14.9 Å². The van der Waals surface area contributed by atoms with Gasteiger partial charge < -0.3 is 10.6 Å². The molecule has 8 heteroatoms. The SMILES string of the molecule is CNc1ccc([N+](=O)[O-])cc1C(=O)Nc1ncccc1Br. The first-order valence-corrected chi connectivity index (χ1v) is 6.70. The molecule has 0 aliphatic heterocycles. The lowest BCUT2D eigenvalue weighted by Gasteiger charge is -2.10. The number of hydrogen-bond acceptors (Lipinski definition) is 5. The zero-order chi connectivity index (χ0) is 15.4. The highest BCUT2D eigenvalue weighted by Gasteiger charge is 2.17. The molecule has 21 heavy (non-hydrogen) atoms. The number of benzene rings is 1. The average Bonchev–Trinajstić information content (AvgIpc) is 2.48. The van der Waals surface area contributed by atoms with E-state index in [1.54, 1.807) is 19.2 Å². The largest absolute Gasteiger partial charge is 0.387 e. The normalized spacial score (nSPS) is 10.0. The Hall–Kier alpha value is -2.48. The van der Waals surface area contributed by atoms with Gasteiger partial charge in [0.05, 0.1) is 15.0 Å². The highest BCUT2D eigenvalue weighted by molar-refractivity contribution is 9.10. The summed E-state index contributed by atoms with van der Waals surface area (Å²) in [5.74, 6) is -0.140. The van der Waals surface area contributed by atoms with E-state index >= 15 is 0 Å². The van der Waals surface area contributed by atoms with Crippen LogP contribution in [-0.2, 0) is 0 Å². The van der Waals surface area contributed by atoms with Crippen LogP contribution in [0.4, 0.5) is 17.2 Å². The van der Waals surface area contributed by atoms with Gasteiger partial charge in [-0.15, -0.1) is 0 Å². The number of hydrogen-bond donors (Lipinski definition) is 2. The first kappa shape index (κ1) is 14.9. The van der Waals surface area contributed by atoms with Crippen molar-refractivity contribution in [1.82, 2.24) is 4.98 Å². The van der Waals surface area contributed by atoms with E-state index in [0.29, 0.717) is 16.0 Å². The summed E-state index contributed by atoms with van der Waals surface area (Å²) in [7, 11) is 1.63. The number of nitro benzene ring substituents is 1. The van der Waals surface area contributed by atoms with Crippen LogP contribution in [0.5, 0.6) is 0 Å². The number of pyridine rings is 1. The number of anilines is 2. The lowest BCUT2D eigenvalue weighted by Crippen LogP contribution is -2.15. The van der Waals surface area contributed by atoms with Gasteiger partial charge in [0.1, 0.15) is 5.82 Å². The number of amides is 1. The first-order chi connectivity index (χ1) is 10.0. The first-order valence-electron chi connectivity index (χ1n) is 5.91. The summed E-state index contributed by atoms with van der Waals surface area (Å²) in [5.41, 5.74) is 0.508. The number of nitrogens with zero attached hydrogens (tertiary/aromatic N) is 2. The zero-order valence-corrected chi connectivity index (χ0v) is 12.5. The maximum atomic E-state index is 12.3. The van der Waals surface area contributed by atoms with Crippen LogP contribution in [0.2, 0.25) is 0 Å². The quantitative estimate of drug-likeness (QED) is 0.652. The molecule has 1 amide bonds. The number of nitro groups is 1. The highest BCUT2D eigenvalue weighted by atomic mass is 79.9. The Morgan fingerprint density at radius 2 is 2.14 bits per heavy atom. The molecule has 0 atom stereocenters. The summed E-state index contributed by atoms with van der Waals surface area (Å²) in [6.07, 6.45) is 1.53. The van der Waals surface area contributed by atoms with Gasteiger partial charge >= 0.3 is 0 Å². The number of aromatic nitrogens is 1. The molecule has 108 valence electrons. The van der Waals surface area contributed by atoms with Gasteiger partial charge in [-0.25, -0.2) is 4.98 Å². The Morgan fingerprint density at radius 3 is 2.76 bits per heavy atom. The Balaban J connectivity index is 2.36. The van der Waals surface area contributed by atoms with E-state index < -0.39 is 10.8 Å². The molecular weight excluding hydrogens is 340 g/mol. The molecule has 7 nitrogen and oxygen atoms in total. The zero-order valence-electron chi connectivity index (χ0n) is 11.0. The number of halogens is 1. The summed E-state index contributed by atoms with van der Waals surface area (Å²) >= 11 is 3.27. The van der Waals surface area contributed by atoms with Gasteiger partial charge in [0.15, 0.2) is 0 Å². The van der Waals surface area contributed by atoms with E-state index in [-0.39, 0.29) is 11.3 Å². The van der Waals surface area contributed by atoms with Gasteiger partial charge in [-0.05, 0) is 34.1 Å². The van der Waals surface area contributed by atoms with E-state index in [9.17, 15) is 14.9 Å². The monoisotopic (exact) mass is 350 g/mol. The summed E-state index contributed by atoms with van der Waals surface area (Å²) in [4.78, 5) is 26.6. The van der Waals surface area contributed by atoms with Crippen LogP contribution in [0.25, 0.3) is 0 Å². The third-order valence-electron chi connectivity index (χ3n) is 2.72. The van der Waals surface area contributed by atoms with Crippen molar-refractivity contribution in [2.45, 2.75) is 0 Å². The van der Waals surface area contributed by atoms with Crippen LogP contribution >= 0.6 is 15.9 Å². The molecule has 0 unspecified atom stereocenters. The Morgan fingerprint density at radius 1 is 1.38 bits per heavy atom. The molecule has 0 fully saturated rings. The Kier molecular flexibility index (Phi) is 4.49. The van der Waals surface area contributed by atoms with Gasteiger partial charge in [0, 0.05) is 31.1 Å². The molecule has 0 saturated heterocycles. The molecule has 0 radical (unpaired) electrons. The van der Waals surface area contributed by atoms with Crippen LogP contribution in [0.15, 0.2) is 41.0 Å². The summed E-state index contributed by atoms with van der Waals surface area (Å²) in [5, 5.41) is 16.3. The molecule has 0 aliphatic rings. The highest BCUT2D eigenvalue weighted by Crippen LogP contribution is 2.24. The predicted octanol–water partition coefficient (Wildman–Crippen LogP) is 3.05. The van der Waals surface area contributed by atoms with Gasteiger partial charge in [-0.2, -0.15) is 0 Å². The fourth-order valence-corrected chi connectivity index (χ4v) is 2.06. The number of non-ortho nitro benzene ring substituents is 1. The number of nitrogens with one attached hydrogen (secondary N) is 2. The fourth-order valence-electron chi connectivity index (χ4n) is 1.70. The smallest absolute Gasteiger partial charge is 0.270 e. The molecule has 1 aromatic heterocycles. The van der Waals surface area contributed by atoms with Crippen molar-refractivity contribution in [2.24, 2.45) is 0 Å². The predicted molar refractivity (Wildman–Crippen MR) is 82.5 cm³/mol. The van der Waals surface area contributed by atoms with Crippen molar-refractivity contribution >= 4 is 39.0 Å². The second-order valence-corrected chi connectivity index (χ2v) is 4.88. The van der Waals surface area contributed by atoms with E-state index in [0.717, 1.165) is 0 Å². The fraction of sp³-hybridized carbons (Fsp3) is 0.0769. The van der Waals surface area contributed by atoms with E-state index in [4.69, 9.17) is 0 Å². The molecule has 1 aromatic carbocycles. The van der Waals surface area contributed by atoms with Crippen molar-refractivity contribution in [3.8, 4) is 0 Å². The van der Waals surface area contributed by atoms with Crippen LogP contribution in [0.3, 0.4) is 0 Å². The topological polar surface area (TPSA) is 97.2 Å². The third-order valence-corrected chi connectivity index (χ3v) is 3.36. The van der Waals surface area contributed by atoms with Crippen molar-refractivity contribution in [2.75, 3.05) is 17.7 Å². The minimum Gasteiger partial charge on any atom is -0.387 e. The van der Waals surface area contributed by atoms with Crippen molar-refractivity contribution in [3.63, 3.8) is 0 Å². The molecular formula is C13H11BrN4O3. The molecule has 0 aliphatic carbocycles. The van der Waals surface area contributed by atoms with Crippen molar-refractivity contribution in [1.29, 1.82) is 0 Å². The van der Waals surface area contributed by atoms with E-state index in [2.05, 4.69) is 31.5 Å². The molecule has 2 aromatic rings. The second-order valence-electron chi connectivity index (χ2n) is 4.02.